The first-order chi connectivity index (χ1) is 12.8. The first-order valence-electron chi connectivity index (χ1n) is 9.65. The van der Waals surface area contributed by atoms with Gasteiger partial charge in [0.1, 0.15) is 0 Å². The molecule has 1 aromatic carbocycles. The summed E-state index contributed by atoms with van der Waals surface area (Å²) in [4.78, 5) is 21.6. The fourth-order valence-corrected chi connectivity index (χ4v) is 4.60. The number of benzene rings is 1. The number of likely N-dealkylation sites (tertiary alicyclic amines) is 1. The fraction of sp³-hybridized carbons (Fsp3) is 0.524. The molecular weight excluding hydrogens is 326 g/mol. The molecule has 0 unspecified atom stereocenters. The number of carbonyl (C=O) groups excluding carboxylic acids is 1. The highest BCUT2D eigenvalue weighted by atomic mass is 16.5. The van der Waals surface area contributed by atoms with Crippen molar-refractivity contribution in [1.82, 2.24) is 9.88 Å². The van der Waals surface area contributed by atoms with Crippen LogP contribution in [0.25, 0.3) is 10.9 Å². The second-order valence-electron chi connectivity index (χ2n) is 7.38. The number of hydrogen-bond acceptors (Lipinski definition) is 4. The number of aromatic nitrogens is 1. The van der Waals surface area contributed by atoms with E-state index in [1.807, 2.05) is 12.3 Å². The Bertz CT molecular complexity index is 773. The van der Waals surface area contributed by atoms with E-state index in [4.69, 9.17) is 4.74 Å². The molecule has 26 heavy (non-hydrogen) atoms. The molecular formula is C21H27N3O2. The number of para-hydroxylation sites is 1. The molecule has 0 spiro atoms. The highest BCUT2D eigenvalue weighted by Crippen LogP contribution is 2.35. The van der Waals surface area contributed by atoms with Crippen LogP contribution < -0.4 is 4.90 Å². The predicted molar refractivity (Wildman–Crippen MR) is 103 cm³/mol. The molecule has 2 aliphatic rings. The summed E-state index contributed by atoms with van der Waals surface area (Å²) in [6.07, 6.45) is 5.55. The second kappa shape index (κ2) is 7.62. The maximum Gasteiger partial charge on any atom is 0.222 e. The van der Waals surface area contributed by atoms with Gasteiger partial charge in [-0.3, -0.25) is 9.78 Å². The van der Waals surface area contributed by atoms with Gasteiger partial charge in [0.05, 0.1) is 5.52 Å². The van der Waals surface area contributed by atoms with Gasteiger partial charge in [0, 0.05) is 63.1 Å². The van der Waals surface area contributed by atoms with Crippen molar-refractivity contribution in [3.8, 4) is 0 Å². The molecule has 1 amide bonds. The lowest BCUT2D eigenvalue weighted by molar-refractivity contribution is -0.139. The number of methoxy groups -OCH3 is 1. The summed E-state index contributed by atoms with van der Waals surface area (Å²) in [5.41, 5.74) is 2.32. The maximum atomic E-state index is 12.4. The normalized spacial score (nSPS) is 23.3. The van der Waals surface area contributed by atoms with E-state index in [-0.39, 0.29) is 0 Å². The average Bonchev–Trinajstić information content (AvgIpc) is 2.69. The van der Waals surface area contributed by atoms with Crippen LogP contribution in [0.2, 0.25) is 0 Å². The topological polar surface area (TPSA) is 45.7 Å². The summed E-state index contributed by atoms with van der Waals surface area (Å²) in [6.45, 7) is 3.55. The Hall–Kier alpha value is -2.14. The molecule has 0 bridgehead atoms. The average molecular weight is 353 g/mol. The lowest BCUT2D eigenvalue weighted by Crippen LogP contribution is -2.56. The number of hydrogen-bond donors (Lipinski definition) is 0. The zero-order valence-corrected chi connectivity index (χ0v) is 15.4. The molecule has 4 rings (SSSR count). The molecule has 0 N–H and O–H groups in total. The van der Waals surface area contributed by atoms with Crippen LogP contribution in [-0.4, -0.2) is 55.2 Å². The Morgan fingerprint density at radius 2 is 2.12 bits per heavy atom. The van der Waals surface area contributed by atoms with Gasteiger partial charge in [-0.25, -0.2) is 0 Å². The number of amides is 1. The molecule has 2 atom stereocenters. The molecule has 5 heteroatoms. The predicted octanol–water partition coefficient (Wildman–Crippen LogP) is 3.09. The van der Waals surface area contributed by atoms with Crippen molar-refractivity contribution >= 4 is 22.5 Å². The van der Waals surface area contributed by atoms with Gasteiger partial charge in [0.15, 0.2) is 0 Å². The molecule has 2 aliphatic heterocycles. The van der Waals surface area contributed by atoms with Crippen LogP contribution in [0.1, 0.15) is 25.7 Å². The third kappa shape index (κ3) is 3.28. The summed E-state index contributed by atoms with van der Waals surface area (Å²) < 4.78 is 5.17. The number of rotatable bonds is 5. The lowest BCUT2D eigenvalue weighted by Gasteiger charge is -2.48. The van der Waals surface area contributed by atoms with Crippen LogP contribution >= 0.6 is 0 Å². The minimum atomic E-state index is 0.324. The Balaban J connectivity index is 1.52. The molecule has 3 heterocycles. The molecule has 2 saturated heterocycles. The van der Waals surface area contributed by atoms with Crippen LogP contribution in [0.5, 0.6) is 0 Å². The van der Waals surface area contributed by atoms with Crippen molar-refractivity contribution in [2.24, 2.45) is 5.92 Å². The van der Waals surface area contributed by atoms with Gasteiger partial charge in [-0.2, -0.15) is 0 Å². The van der Waals surface area contributed by atoms with Crippen LogP contribution in [-0.2, 0) is 9.53 Å². The molecule has 0 radical (unpaired) electrons. The van der Waals surface area contributed by atoms with E-state index < -0.39 is 0 Å². The zero-order valence-electron chi connectivity index (χ0n) is 15.4. The molecule has 5 nitrogen and oxygen atoms in total. The van der Waals surface area contributed by atoms with Gasteiger partial charge in [-0.15, -0.1) is 0 Å². The minimum absolute atomic E-state index is 0.324. The van der Waals surface area contributed by atoms with Gasteiger partial charge in [0.2, 0.25) is 5.91 Å². The highest BCUT2D eigenvalue weighted by molar-refractivity contribution is 5.91. The molecule has 0 aliphatic carbocycles. The number of anilines is 1. The number of piperidine rings is 2. The first-order valence-corrected chi connectivity index (χ1v) is 9.65. The molecule has 2 fully saturated rings. The van der Waals surface area contributed by atoms with Gasteiger partial charge in [0.25, 0.3) is 0 Å². The largest absolute Gasteiger partial charge is 0.385 e. The van der Waals surface area contributed by atoms with Crippen molar-refractivity contribution in [1.29, 1.82) is 0 Å². The van der Waals surface area contributed by atoms with E-state index in [1.165, 1.54) is 11.1 Å². The van der Waals surface area contributed by atoms with Crippen molar-refractivity contribution in [2.45, 2.75) is 31.7 Å². The molecule has 0 saturated carbocycles. The fourth-order valence-electron chi connectivity index (χ4n) is 4.60. The van der Waals surface area contributed by atoms with E-state index >= 15 is 0 Å². The third-order valence-electron chi connectivity index (χ3n) is 5.86. The molecule has 138 valence electrons. The number of ether oxygens (including phenoxy) is 1. The Labute approximate surface area is 154 Å². The van der Waals surface area contributed by atoms with Crippen LogP contribution in [0.3, 0.4) is 0 Å². The lowest BCUT2D eigenvalue weighted by atomic mass is 9.83. The van der Waals surface area contributed by atoms with Crippen LogP contribution in [0.4, 0.5) is 5.69 Å². The second-order valence-corrected chi connectivity index (χ2v) is 7.38. The summed E-state index contributed by atoms with van der Waals surface area (Å²) in [5, 5.41) is 1.22. The standard InChI is InChI=1S/C21H27N3O2/c1-26-14-4-12-24-19-10-13-23(15-16(19)7-8-21(24)25)20-9-11-22-18-6-3-2-5-17(18)20/h2-3,5-6,9,11,16,19H,4,7-8,10,12-15H2,1H3/t16-,19+/m0/s1. The van der Waals surface area contributed by atoms with E-state index in [9.17, 15) is 4.79 Å². The number of carbonyl (C=O) groups is 1. The number of fused-ring (bicyclic) bond motifs is 2. The van der Waals surface area contributed by atoms with Gasteiger partial charge < -0.3 is 14.5 Å². The SMILES string of the molecule is COCCCN1C(=O)CC[C@H]2CN(c3ccnc4ccccc34)CC[C@H]21. The van der Waals surface area contributed by atoms with Crippen molar-refractivity contribution in [2.75, 3.05) is 38.3 Å². The van der Waals surface area contributed by atoms with Crippen molar-refractivity contribution < 1.29 is 9.53 Å². The summed E-state index contributed by atoms with van der Waals surface area (Å²) in [6, 6.07) is 10.9. The summed E-state index contributed by atoms with van der Waals surface area (Å²) >= 11 is 0. The molecule has 1 aromatic heterocycles. The van der Waals surface area contributed by atoms with Crippen molar-refractivity contribution in [3.05, 3.63) is 36.5 Å². The summed E-state index contributed by atoms with van der Waals surface area (Å²) in [7, 11) is 1.72. The number of pyridine rings is 1. The van der Waals surface area contributed by atoms with Gasteiger partial charge in [-0.1, -0.05) is 18.2 Å². The minimum Gasteiger partial charge on any atom is -0.385 e. The monoisotopic (exact) mass is 353 g/mol. The Morgan fingerprint density at radius 3 is 3.00 bits per heavy atom. The van der Waals surface area contributed by atoms with E-state index in [0.717, 1.165) is 51.0 Å². The van der Waals surface area contributed by atoms with Gasteiger partial charge >= 0.3 is 0 Å². The van der Waals surface area contributed by atoms with E-state index in [1.54, 1.807) is 7.11 Å². The Morgan fingerprint density at radius 1 is 1.23 bits per heavy atom. The maximum absolute atomic E-state index is 12.4. The van der Waals surface area contributed by atoms with E-state index in [2.05, 4.69) is 39.0 Å². The van der Waals surface area contributed by atoms with E-state index in [0.29, 0.717) is 24.3 Å². The van der Waals surface area contributed by atoms with Gasteiger partial charge in [-0.05, 0) is 37.3 Å². The quantitative estimate of drug-likeness (QED) is 0.775. The Kier molecular flexibility index (Phi) is 5.07. The van der Waals surface area contributed by atoms with Crippen LogP contribution in [0.15, 0.2) is 36.5 Å². The third-order valence-corrected chi connectivity index (χ3v) is 5.86. The highest BCUT2D eigenvalue weighted by Gasteiger charge is 2.39. The smallest absolute Gasteiger partial charge is 0.222 e. The molecule has 2 aromatic rings. The summed E-state index contributed by atoms with van der Waals surface area (Å²) in [5.74, 6) is 0.876. The number of nitrogens with zero attached hydrogens (tertiary/aromatic N) is 3. The first kappa shape index (κ1) is 17.3. The zero-order chi connectivity index (χ0) is 17.9. The van der Waals surface area contributed by atoms with Crippen molar-refractivity contribution in [3.63, 3.8) is 0 Å². The van der Waals surface area contributed by atoms with Crippen LogP contribution in [0, 0.1) is 5.92 Å².